The van der Waals surface area contributed by atoms with Crippen molar-refractivity contribution in [3.63, 3.8) is 0 Å². The average Bonchev–Trinajstić information content (AvgIpc) is 2.94. The van der Waals surface area contributed by atoms with Crippen molar-refractivity contribution in [3.05, 3.63) is 59.7 Å². The van der Waals surface area contributed by atoms with Crippen LogP contribution in [0.5, 0.6) is 11.5 Å². The minimum absolute atomic E-state index is 0.0408. The Morgan fingerprint density at radius 3 is 2.60 bits per heavy atom. The monoisotopic (exact) mass is 338 g/mol. The number of phenols is 1. The summed E-state index contributed by atoms with van der Waals surface area (Å²) in [6, 6.07) is 14.1. The Bertz CT molecular complexity index is 844. The summed E-state index contributed by atoms with van der Waals surface area (Å²) >= 11 is 0. The van der Waals surface area contributed by atoms with Gasteiger partial charge in [0.25, 0.3) is 5.91 Å². The number of rotatable bonds is 5. The lowest BCUT2D eigenvalue weighted by Crippen LogP contribution is -2.21. The summed E-state index contributed by atoms with van der Waals surface area (Å²) in [5.41, 5.74) is 2.39. The third kappa shape index (κ3) is 3.39. The number of carbonyl (C=O) groups is 1. The standard InChI is InChI=1S/C19H18N2O4/c1-24-12-16-15(10-13-8-9-17(22)18(11-13)25-2)19(23)21(20-16)14-6-4-3-5-7-14/h3-11,22H,12H2,1-2H3/b15-10-. The lowest BCUT2D eigenvalue weighted by Gasteiger charge is -2.11. The SMILES string of the molecule is COCC1=NN(c2ccccc2)C(=O)/C1=C\c1ccc(O)c(OC)c1. The minimum Gasteiger partial charge on any atom is -0.504 e. The molecule has 3 rings (SSSR count). The van der Waals surface area contributed by atoms with Gasteiger partial charge in [0.2, 0.25) is 0 Å². The Kier molecular flexibility index (Phi) is 4.81. The molecule has 0 aliphatic carbocycles. The van der Waals surface area contributed by atoms with Crippen LogP contribution < -0.4 is 9.75 Å². The van der Waals surface area contributed by atoms with Crippen molar-refractivity contribution in [2.24, 2.45) is 5.10 Å². The number of anilines is 1. The van der Waals surface area contributed by atoms with Crippen LogP contribution in [0.3, 0.4) is 0 Å². The van der Waals surface area contributed by atoms with E-state index >= 15 is 0 Å². The highest BCUT2D eigenvalue weighted by molar-refractivity contribution is 6.33. The van der Waals surface area contributed by atoms with E-state index in [9.17, 15) is 9.90 Å². The number of nitrogens with zero attached hydrogens (tertiary/aromatic N) is 2. The van der Waals surface area contributed by atoms with E-state index in [1.165, 1.54) is 18.2 Å². The Labute approximate surface area is 145 Å². The van der Waals surface area contributed by atoms with Crippen molar-refractivity contribution in [2.75, 3.05) is 25.8 Å². The molecule has 0 radical (unpaired) electrons. The maximum atomic E-state index is 12.8. The predicted octanol–water partition coefficient (Wildman–Crippen LogP) is 2.83. The molecule has 1 aliphatic rings. The fourth-order valence-electron chi connectivity index (χ4n) is 2.54. The number of benzene rings is 2. The molecule has 6 nitrogen and oxygen atoms in total. The molecule has 0 unspecified atom stereocenters. The van der Waals surface area contributed by atoms with E-state index in [2.05, 4.69) is 5.10 Å². The second-order valence-electron chi connectivity index (χ2n) is 5.42. The first kappa shape index (κ1) is 16.7. The quantitative estimate of drug-likeness (QED) is 0.851. The number of carbonyl (C=O) groups excluding carboxylic acids is 1. The highest BCUT2D eigenvalue weighted by Crippen LogP contribution is 2.29. The summed E-state index contributed by atoms with van der Waals surface area (Å²) in [5.74, 6) is 0.148. The molecule has 0 atom stereocenters. The van der Waals surface area contributed by atoms with E-state index in [0.717, 1.165) is 5.56 Å². The van der Waals surface area contributed by atoms with Gasteiger partial charge in [0.1, 0.15) is 0 Å². The molecule has 25 heavy (non-hydrogen) atoms. The van der Waals surface area contributed by atoms with Crippen LogP contribution in [0.1, 0.15) is 5.56 Å². The summed E-state index contributed by atoms with van der Waals surface area (Å²) in [6.45, 7) is 0.218. The smallest absolute Gasteiger partial charge is 0.280 e. The summed E-state index contributed by atoms with van der Waals surface area (Å²) in [4.78, 5) is 12.8. The van der Waals surface area contributed by atoms with Crippen molar-refractivity contribution in [3.8, 4) is 11.5 Å². The topological polar surface area (TPSA) is 71.4 Å². The second-order valence-corrected chi connectivity index (χ2v) is 5.42. The molecular weight excluding hydrogens is 320 g/mol. The predicted molar refractivity (Wildman–Crippen MR) is 95.9 cm³/mol. The fourth-order valence-corrected chi connectivity index (χ4v) is 2.54. The Balaban J connectivity index is 2.00. The van der Waals surface area contributed by atoms with E-state index in [1.54, 1.807) is 25.3 Å². The molecule has 2 aromatic rings. The van der Waals surface area contributed by atoms with Crippen LogP contribution in [0, 0.1) is 0 Å². The fraction of sp³-hybridized carbons (Fsp3) is 0.158. The molecule has 0 saturated carbocycles. The molecule has 0 fully saturated rings. The molecule has 1 amide bonds. The van der Waals surface area contributed by atoms with E-state index in [1.807, 2.05) is 30.3 Å². The maximum Gasteiger partial charge on any atom is 0.280 e. The third-order valence-electron chi connectivity index (χ3n) is 3.75. The van der Waals surface area contributed by atoms with Gasteiger partial charge in [-0.15, -0.1) is 0 Å². The molecular formula is C19H18N2O4. The zero-order chi connectivity index (χ0) is 17.8. The van der Waals surface area contributed by atoms with Gasteiger partial charge in [0.15, 0.2) is 11.5 Å². The third-order valence-corrected chi connectivity index (χ3v) is 3.75. The highest BCUT2D eigenvalue weighted by atomic mass is 16.5. The maximum absolute atomic E-state index is 12.8. The van der Waals surface area contributed by atoms with Crippen molar-refractivity contribution < 1.29 is 19.4 Å². The van der Waals surface area contributed by atoms with Gasteiger partial charge in [-0.3, -0.25) is 4.79 Å². The summed E-state index contributed by atoms with van der Waals surface area (Å²) in [7, 11) is 3.03. The molecule has 0 aromatic heterocycles. The van der Waals surface area contributed by atoms with Gasteiger partial charge in [-0.05, 0) is 35.9 Å². The van der Waals surface area contributed by atoms with Crippen molar-refractivity contribution in [1.29, 1.82) is 0 Å². The Morgan fingerprint density at radius 2 is 1.92 bits per heavy atom. The van der Waals surface area contributed by atoms with Crippen LogP contribution in [0.25, 0.3) is 6.08 Å². The zero-order valence-electron chi connectivity index (χ0n) is 14.0. The number of hydrogen-bond donors (Lipinski definition) is 1. The number of hydrazone groups is 1. The molecule has 1 N–H and O–H groups in total. The summed E-state index contributed by atoms with van der Waals surface area (Å²) < 4.78 is 10.3. The van der Waals surface area contributed by atoms with Gasteiger partial charge in [0.05, 0.1) is 30.7 Å². The number of hydrogen-bond acceptors (Lipinski definition) is 5. The number of ether oxygens (including phenoxy) is 2. The molecule has 1 aliphatic heterocycles. The molecule has 0 spiro atoms. The average molecular weight is 338 g/mol. The molecule has 128 valence electrons. The van der Waals surface area contributed by atoms with Gasteiger partial charge in [-0.1, -0.05) is 24.3 Å². The van der Waals surface area contributed by atoms with E-state index in [-0.39, 0.29) is 18.3 Å². The van der Waals surface area contributed by atoms with E-state index < -0.39 is 0 Å². The Morgan fingerprint density at radius 1 is 1.16 bits per heavy atom. The minimum atomic E-state index is -0.231. The van der Waals surface area contributed by atoms with Crippen LogP contribution in [0.15, 0.2) is 59.2 Å². The summed E-state index contributed by atoms with van der Waals surface area (Å²) in [5, 5.41) is 15.5. The number of methoxy groups -OCH3 is 2. The van der Waals surface area contributed by atoms with Crippen LogP contribution >= 0.6 is 0 Å². The van der Waals surface area contributed by atoms with Crippen molar-refractivity contribution in [2.45, 2.75) is 0 Å². The first-order valence-corrected chi connectivity index (χ1v) is 7.69. The van der Waals surface area contributed by atoms with Gasteiger partial charge in [0, 0.05) is 7.11 Å². The number of aromatic hydroxyl groups is 1. The van der Waals surface area contributed by atoms with Crippen LogP contribution in [-0.4, -0.2) is 37.6 Å². The second kappa shape index (κ2) is 7.19. The molecule has 1 heterocycles. The highest BCUT2D eigenvalue weighted by Gasteiger charge is 2.30. The van der Waals surface area contributed by atoms with Crippen molar-refractivity contribution in [1.82, 2.24) is 0 Å². The molecule has 0 saturated heterocycles. The largest absolute Gasteiger partial charge is 0.504 e. The number of phenolic OH excluding ortho intramolecular Hbond substituents is 1. The first-order valence-electron chi connectivity index (χ1n) is 7.69. The lowest BCUT2D eigenvalue weighted by atomic mass is 10.1. The molecule has 0 bridgehead atoms. The van der Waals surface area contributed by atoms with Gasteiger partial charge < -0.3 is 14.6 Å². The summed E-state index contributed by atoms with van der Waals surface area (Å²) in [6.07, 6.45) is 1.71. The van der Waals surface area contributed by atoms with Crippen LogP contribution in [0.4, 0.5) is 5.69 Å². The van der Waals surface area contributed by atoms with Crippen molar-refractivity contribution >= 4 is 23.4 Å². The zero-order valence-corrected chi connectivity index (χ0v) is 14.0. The normalized spacial score (nSPS) is 15.6. The van der Waals surface area contributed by atoms with Gasteiger partial charge >= 0.3 is 0 Å². The van der Waals surface area contributed by atoms with Crippen LogP contribution in [0.2, 0.25) is 0 Å². The van der Waals surface area contributed by atoms with Gasteiger partial charge in [-0.2, -0.15) is 10.1 Å². The van der Waals surface area contributed by atoms with Gasteiger partial charge in [-0.25, -0.2) is 0 Å². The Hall–Kier alpha value is -3.12. The van der Waals surface area contributed by atoms with E-state index in [4.69, 9.17) is 9.47 Å². The van der Waals surface area contributed by atoms with E-state index in [0.29, 0.717) is 22.7 Å². The number of para-hydroxylation sites is 1. The molecule has 2 aromatic carbocycles. The first-order chi connectivity index (χ1) is 12.1. The molecule has 6 heteroatoms. The number of amides is 1. The van der Waals surface area contributed by atoms with Crippen LogP contribution in [-0.2, 0) is 9.53 Å². The lowest BCUT2D eigenvalue weighted by molar-refractivity contribution is -0.114.